The van der Waals surface area contributed by atoms with E-state index in [1.165, 1.54) is 0 Å². The molecule has 0 saturated heterocycles. The second-order valence-corrected chi connectivity index (χ2v) is 9.04. The fourth-order valence-electron chi connectivity index (χ4n) is 2.46. The van der Waals surface area contributed by atoms with Crippen molar-refractivity contribution in [2.75, 3.05) is 11.1 Å². The number of allylic oxidation sites excluding steroid dienone is 1. The summed E-state index contributed by atoms with van der Waals surface area (Å²) in [5, 5.41) is 5.69. The lowest BCUT2D eigenvalue weighted by Crippen LogP contribution is -2.04. The van der Waals surface area contributed by atoms with E-state index in [1.807, 2.05) is 19.1 Å². The van der Waals surface area contributed by atoms with Gasteiger partial charge >= 0.3 is 0 Å². The average Bonchev–Trinajstić information content (AvgIpc) is 3.06. The highest BCUT2D eigenvalue weighted by Crippen LogP contribution is 2.34. The molecule has 3 N–H and O–H groups in total. The van der Waals surface area contributed by atoms with E-state index in [2.05, 4.69) is 10.3 Å². The first kappa shape index (κ1) is 21.5. The van der Waals surface area contributed by atoms with E-state index in [4.69, 9.17) is 28.9 Å². The molecule has 150 valence electrons. The van der Waals surface area contributed by atoms with E-state index < -0.39 is 10.8 Å². The van der Waals surface area contributed by atoms with Crippen molar-refractivity contribution < 1.29 is 9.00 Å². The van der Waals surface area contributed by atoms with E-state index in [1.54, 1.807) is 41.8 Å². The predicted octanol–water partition coefficient (Wildman–Crippen LogP) is 6.04. The minimum absolute atomic E-state index is 0.0871. The molecule has 0 aliphatic carbocycles. The van der Waals surface area contributed by atoms with Gasteiger partial charge in [0.25, 0.3) is 0 Å². The van der Waals surface area contributed by atoms with Gasteiger partial charge in [-0.25, -0.2) is 9.19 Å². The maximum absolute atomic E-state index is 12.9. The van der Waals surface area contributed by atoms with E-state index in [-0.39, 0.29) is 32.1 Å². The first-order valence-corrected chi connectivity index (χ1v) is 11.4. The number of nitrogen functional groups attached to an aromatic ring is 1. The maximum Gasteiger partial charge on any atom is 0.209 e. The molecule has 0 saturated carbocycles. The van der Waals surface area contributed by atoms with Gasteiger partial charge in [0.1, 0.15) is 10.7 Å². The van der Waals surface area contributed by atoms with Crippen LogP contribution in [-0.2, 0) is 10.8 Å². The van der Waals surface area contributed by atoms with Crippen LogP contribution in [0.4, 0.5) is 16.6 Å². The number of nitrogens with one attached hydrogen (secondary N) is 1. The smallest absolute Gasteiger partial charge is 0.209 e. The molecule has 5 nitrogen and oxygen atoms in total. The van der Waals surface area contributed by atoms with E-state index >= 15 is 0 Å². The van der Waals surface area contributed by atoms with Crippen LogP contribution in [0.3, 0.4) is 0 Å². The second-order valence-electron chi connectivity index (χ2n) is 5.89. The van der Waals surface area contributed by atoms with Crippen LogP contribution in [0.2, 0.25) is 10.0 Å². The highest BCUT2D eigenvalue weighted by molar-refractivity contribution is 7.88. The van der Waals surface area contributed by atoms with Crippen molar-refractivity contribution in [1.29, 1.82) is 0 Å². The number of hydrogen-bond donors (Lipinski definition) is 2. The number of rotatable bonds is 7. The fourth-order valence-corrected chi connectivity index (χ4v) is 4.86. The lowest BCUT2D eigenvalue weighted by molar-refractivity contribution is 0.104. The monoisotopic (exact) mass is 465 g/mol. The molecule has 0 fully saturated rings. The summed E-state index contributed by atoms with van der Waals surface area (Å²) in [4.78, 5) is 18.0. The Balaban J connectivity index is 1.85. The Bertz CT molecular complexity index is 1090. The van der Waals surface area contributed by atoms with Crippen LogP contribution >= 0.6 is 34.5 Å². The van der Waals surface area contributed by atoms with Gasteiger partial charge in [0.05, 0.1) is 26.4 Å². The number of benzene rings is 2. The van der Waals surface area contributed by atoms with E-state index in [0.717, 1.165) is 17.8 Å². The zero-order chi connectivity index (χ0) is 21.0. The number of nitrogens with two attached hydrogens (primary N) is 1. The molecule has 0 amide bonds. The normalized spacial score (nSPS) is 12.2. The third kappa shape index (κ3) is 5.05. The first-order valence-electron chi connectivity index (χ1n) is 8.60. The van der Waals surface area contributed by atoms with Crippen LogP contribution in [0, 0.1) is 0 Å². The van der Waals surface area contributed by atoms with Crippen molar-refractivity contribution >= 4 is 67.8 Å². The molecule has 2 aromatic carbocycles. The van der Waals surface area contributed by atoms with Gasteiger partial charge in [-0.15, -0.1) is 0 Å². The van der Waals surface area contributed by atoms with Crippen LogP contribution in [0.25, 0.3) is 0 Å². The summed E-state index contributed by atoms with van der Waals surface area (Å²) in [5.41, 5.74) is 6.84. The zero-order valence-electron chi connectivity index (χ0n) is 15.3. The Morgan fingerprint density at radius 3 is 2.62 bits per heavy atom. The molecular formula is C20H17Cl2N3O2S2. The number of thiazole rings is 1. The number of aromatic nitrogens is 1. The second kappa shape index (κ2) is 9.54. The minimum atomic E-state index is -1.23. The van der Waals surface area contributed by atoms with Crippen molar-refractivity contribution in [3.63, 3.8) is 0 Å². The lowest BCUT2D eigenvalue weighted by Gasteiger charge is -2.05. The van der Waals surface area contributed by atoms with Crippen molar-refractivity contribution in [2.45, 2.75) is 18.2 Å². The SMILES string of the molecule is CCC=CS(=O)c1cccc(Nc2nc(N)c(C(=O)c3c(Cl)cccc3Cl)s2)c1. The number of anilines is 3. The fraction of sp³-hybridized carbons (Fsp3) is 0.100. The highest BCUT2D eigenvalue weighted by Gasteiger charge is 2.22. The van der Waals surface area contributed by atoms with Crippen molar-refractivity contribution in [3.05, 3.63) is 74.4 Å². The number of carbonyl (C=O) groups excluding carboxylic acids is 1. The molecule has 1 atom stereocenters. The van der Waals surface area contributed by atoms with Crippen LogP contribution in [0.15, 0.2) is 58.8 Å². The van der Waals surface area contributed by atoms with Crippen molar-refractivity contribution in [2.24, 2.45) is 0 Å². The Kier molecular flexibility index (Phi) is 7.08. The minimum Gasteiger partial charge on any atom is -0.382 e. The largest absolute Gasteiger partial charge is 0.382 e. The third-order valence-corrected chi connectivity index (χ3v) is 6.60. The number of halogens is 2. The molecule has 9 heteroatoms. The summed E-state index contributed by atoms with van der Waals surface area (Å²) < 4.78 is 12.3. The van der Waals surface area contributed by atoms with Crippen LogP contribution in [-0.4, -0.2) is 15.0 Å². The molecule has 3 aromatic rings. The first-order chi connectivity index (χ1) is 13.9. The predicted molar refractivity (Wildman–Crippen MR) is 122 cm³/mol. The van der Waals surface area contributed by atoms with E-state index in [9.17, 15) is 9.00 Å². The lowest BCUT2D eigenvalue weighted by atomic mass is 10.1. The molecule has 3 rings (SSSR count). The zero-order valence-corrected chi connectivity index (χ0v) is 18.5. The Morgan fingerprint density at radius 1 is 1.24 bits per heavy atom. The van der Waals surface area contributed by atoms with Crippen molar-refractivity contribution in [3.8, 4) is 0 Å². The summed E-state index contributed by atoms with van der Waals surface area (Å²) >= 11 is 13.4. The van der Waals surface area contributed by atoms with Crippen molar-refractivity contribution in [1.82, 2.24) is 4.98 Å². The van der Waals surface area contributed by atoms with Crippen LogP contribution < -0.4 is 11.1 Å². The molecule has 1 heterocycles. The van der Waals surface area contributed by atoms with Gasteiger partial charge < -0.3 is 11.1 Å². The topological polar surface area (TPSA) is 85.1 Å². The van der Waals surface area contributed by atoms with Gasteiger partial charge in [-0.3, -0.25) is 4.79 Å². The summed E-state index contributed by atoms with van der Waals surface area (Å²) in [5.74, 6) is -0.299. The number of carbonyl (C=O) groups is 1. The molecule has 1 unspecified atom stereocenters. The number of ketones is 1. The van der Waals surface area contributed by atoms with Gasteiger partial charge in [0, 0.05) is 16.0 Å². The summed E-state index contributed by atoms with van der Waals surface area (Å²) in [6, 6.07) is 12.0. The van der Waals surface area contributed by atoms with Gasteiger partial charge in [0.2, 0.25) is 5.78 Å². The molecule has 0 radical (unpaired) electrons. The standard InChI is InChI=1S/C20H17Cl2N3O2S2/c1-2-3-10-29(27)13-7-4-6-12(11-13)24-20-25-19(23)18(28-20)17(26)16-14(21)8-5-9-15(16)22/h3-11H,2,23H2,1H3,(H,24,25). The van der Waals surface area contributed by atoms with Gasteiger partial charge in [-0.1, -0.05) is 59.7 Å². The summed E-state index contributed by atoms with van der Waals surface area (Å²) in [6.45, 7) is 1.98. The van der Waals surface area contributed by atoms with Gasteiger partial charge in [0.15, 0.2) is 5.13 Å². The third-order valence-electron chi connectivity index (χ3n) is 3.82. The number of hydrogen-bond acceptors (Lipinski definition) is 6. The number of nitrogens with zero attached hydrogens (tertiary/aromatic N) is 1. The maximum atomic E-state index is 12.9. The molecule has 29 heavy (non-hydrogen) atoms. The molecular weight excluding hydrogens is 449 g/mol. The highest BCUT2D eigenvalue weighted by atomic mass is 35.5. The molecule has 0 aliphatic rings. The Labute approximate surface area is 185 Å². The molecule has 0 bridgehead atoms. The molecule has 0 spiro atoms. The summed E-state index contributed by atoms with van der Waals surface area (Å²) in [7, 11) is -1.23. The quantitative estimate of drug-likeness (QED) is 0.415. The van der Waals surface area contributed by atoms with Crippen LogP contribution in [0.1, 0.15) is 28.6 Å². The van der Waals surface area contributed by atoms with E-state index in [0.29, 0.717) is 15.7 Å². The Hall–Kier alpha value is -2.19. The van der Waals surface area contributed by atoms with Crippen LogP contribution in [0.5, 0.6) is 0 Å². The molecule has 0 aliphatic heterocycles. The van der Waals surface area contributed by atoms with Gasteiger partial charge in [-0.2, -0.15) is 0 Å². The molecule has 1 aromatic heterocycles. The summed E-state index contributed by atoms with van der Waals surface area (Å²) in [6.07, 6.45) is 2.67. The average molecular weight is 466 g/mol. The van der Waals surface area contributed by atoms with Gasteiger partial charge in [-0.05, 0) is 36.8 Å². The Morgan fingerprint density at radius 2 is 1.93 bits per heavy atom.